The molecule has 5 heteroatoms. The first-order chi connectivity index (χ1) is 12.6. The highest BCUT2D eigenvalue weighted by atomic mass is 16.5. The minimum atomic E-state index is -0.206. The van der Waals surface area contributed by atoms with Gasteiger partial charge in [0.15, 0.2) is 0 Å². The maximum atomic E-state index is 12.4. The summed E-state index contributed by atoms with van der Waals surface area (Å²) in [5, 5.41) is 5.67. The summed E-state index contributed by atoms with van der Waals surface area (Å²) >= 11 is 0. The molecule has 0 aliphatic heterocycles. The van der Waals surface area contributed by atoms with Gasteiger partial charge >= 0.3 is 0 Å². The molecule has 0 aromatic heterocycles. The fourth-order valence-electron chi connectivity index (χ4n) is 2.37. The van der Waals surface area contributed by atoms with Gasteiger partial charge in [-0.25, -0.2) is 0 Å². The standard InChI is InChI=1S/C21H26N2O3/c1-3-5-14-26-19-12-10-16(11-13-19)21(25)23-18-9-6-8-17(15-18)22-20(24)7-4-2/h6,8-13,15H,3-5,7,14H2,1-2H3,(H,22,24)(H,23,25). The largest absolute Gasteiger partial charge is 0.494 e. The number of unbranched alkanes of at least 4 members (excludes halogenated alkanes) is 1. The van der Waals surface area contributed by atoms with E-state index in [0.717, 1.165) is 25.0 Å². The summed E-state index contributed by atoms with van der Waals surface area (Å²) in [4.78, 5) is 24.1. The predicted octanol–water partition coefficient (Wildman–Crippen LogP) is 4.86. The highest BCUT2D eigenvalue weighted by Gasteiger charge is 2.08. The molecule has 0 aliphatic carbocycles. The van der Waals surface area contributed by atoms with Crippen molar-refractivity contribution in [3.05, 3.63) is 54.1 Å². The van der Waals surface area contributed by atoms with Crippen molar-refractivity contribution in [3.8, 4) is 5.75 Å². The number of carbonyl (C=O) groups excluding carboxylic acids is 2. The van der Waals surface area contributed by atoms with Crippen LogP contribution in [-0.4, -0.2) is 18.4 Å². The third-order valence-corrected chi connectivity index (χ3v) is 3.76. The molecule has 0 aliphatic rings. The van der Waals surface area contributed by atoms with Crippen molar-refractivity contribution in [2.45, 2.75) is 39.5 Å². The lowest BCUT2D eigenvalue weighted by molar-refractivity contribution is -0.116. The van der Waals surface area contributed by atoms with E-state index in [-0.39, 0.29) is 11.8 Å². The van der Waals surface area contributed by atoms with E-state index in [1.807, 2.05) is 6.92 Å². The van der Waals surface area contributed by atoms with E-state index in [0.29, 0.717) is 30.0 Å². The van der Waals surface area contributed by atoms with Crippen molar-refractivity contribution in [2.75, 3.05) is 17.2 Å². The van der Waals surface area contributed by atoms with Crippen LogP contribution in [0.2, 0.25) is 0 Å². The summed E-state index contributed by atoms with van der Waals surface area (Å²) < 4.78 is 5.60. The molecule has 138 valence electrons. The van der Waals surface area contributed by atoms with Gasteiger partial charge in [-0.15, -0.1) is 0 Å². The maximum absolute atomic E-state index is 12.4. The van der Waals surface area contributed by atoms with Gasteiger partial charge in [0.05, 0.1) is 6.61 Å². The molecule has 0 atom stereocenters. The van der Waals surface area contributed by atoms with Gasteiger partial charge in [0, 0.05) is 23.4 Å². The lowest BCUT2D eigenvalue weighted by atomic mass is 10.2. The first kappa shape index (κ1) is 19.5. The fourth-order valence-corrected chi connectivity index (χ4v) is 2.37. The highest BCUT2D eigenvalue weighted by molar-refractivity contribution is 6.04. The number of hydrogen-bond donors (Lipinski definition) is 2. The smallest absolute Gasteiger partial charge is 0.255 e. The first-order valence-corrected chi connectivity index (χ1v) is 9.06. The molecule has 0 saturated carbocycles. The van der Waals surface area contributed by atoms with Crippen LogP contribution in [0.25, 0.3) is 0 Å². The number of benzene rings is 2. The van der Waals surface area contributed by atoms with E-state index in [1.165, 1.54) is 0 Å². The summed E-state index contributed by atoms with van der Waals surface area (Å²) in [6, 6.07) is 14.2. The molecular formula is C21H26N2O3. The second-order valence-corrected chi connectivity index (χ2v) is 6.06. The summed E-state index contributed by atoms with van der Waals surface area (Å²) in [5.41, 5.74) is 1.85. The summed E-state index contributed by atoms with van der Waals surface area (Å²) in [6.45, 7) is 4.75. The lowest BCUT2D eigenvalue weighted by Gasteiger charge is -2.09. The molecule has 26 heavy (non-hydrogen) atoms. The van der Waals surface area contributed by atoms with Gasteiger partial charge in [-0.1, -0.05) is 26.3 Å². The van der Waals surface area contributed by atoms with Crippen LogP contribution in [0.4, 0.5) is 11.4 Å². The Kier molecular flexibility index (Phi) is 7.68. The molecule has 0 saturated heterocycles. The van der Waals surface area contributed by atoms with Crippen LogP contribution in [0.1, 0.15) is 49.9 Å². The number of ether oxygens (including phenoxy) is 1. The van der Waals surface area contributed by atoms with Gasteiger partial charge in [0.25, 0.3) is 5.91 Å². The van der Waals surface area contributed by atoms with Crippen molar-refractivity contribution in [1.82, 2.24) is 0 Å². The van der Waals surface area contributed by atoms with E-state index >= 15 is 0 Å². The first-order valence-electron chi connectivity index (χ1n) is 9.06. The Morgan fingerprint density at radius 3 is 2.27 bits per heavy atom. The van der Waals surface area contributed by atoms with Crippen LogP contribution in [0, 0.1) is 0 Å². The lowest BCUT2D eigenvalue weighted by Crippen LogP contribution is -2.13. The third-order valence-electron chi connectivity index (χ3n) is 3.76. The second kappa shape index (κ2) is 10.2. The van der Waals surface area contributed by atoms with E-state index in [4.69, 9.17) is 4.74 Å². The average molecular weight is 354 g/mol. The van der Waals surface area contributed by atoms with Crippen molar-refractivity contribution in [2.24, 2.45) is 0 Å². The average Bonchev–Trinajstić information content (AvgIpc) is 2.63. The SMILES string of the molecule is CCCCOc1ccc(C(=O)Nc2cccc(NC(=O)CCC)c2)cc1. The zero-order chi connectivity index (χ0) is 18.8. The van der Waals surface area contributed by atoms with E-state index < -0.39 is 0 Å². The summed E-state index contributed by atoms with van der Waals surface area (Å²) in [5.74, 6) is 0.521. The number of nitrogens with one attached hydrogen (secondary N) is 2. The molecular weight excluding hydrogens is 328 g/mol. The monoisotopic (exact) mass is 354 g/mol. The zero-order valence-corrected chi connectivity index (χ0v) is 15.4. The Bertz CT molecular complexity index is 726. The number of rotatable bonds is 9. The van der Waals surface area contributed by atoms with Gasteiger partial charge in [-0.2, -0.15) is 0 Å². The molecule has 2 N–H and O–H groups in total. The normalized spacial score (nSPS) is 10.2. The van der Waals surface area contributed by atoms with E-state index in [1.54, 1.807) is 48.5 Å². The van der Waals surface area contributed by atoms with E-state index in [2.05, 4.69) is 17.6 Å². The molecule has 0 unspecified atom stereocenters. The number of hydrogen-bond acceptors (Lipinski definition) is 3. The minimum absolute atomic E-state index is 0.0327. The van der Waals surface area contributed by atoms with Crippen LogP contribution in [-0.2, 0) is 4.79 Å². The molecule has 2 aromatic rings. The topological polar surface area (TPSA) is 67.4 Å². The molecule has 0 spiro atoms. The molecule has 2 rings (SSSR count). The van der Waals surface area contributed by atoms with Gasteiger partial charge in [-0.3, -0.25) is 9.59 Å². The maximum Gasteiger partial charge on any atom is 0.255 e. The van der Waals surface area contributed by atoms with E-state index in [9.17, 15) is 9.59 Å². The van der Waals surface area contributed by atoms with Crippen molar-refractivity contribution >= 4 is 23.2 Å². The Balaban J connectivity index is 1.95. The molecule has 0 fully saturated rings. The molecule has 2 aromatic carbocycles. The highest BCUT2D eigenvalue weighted by Crippen LogP contribution is 2.18. The van der Waals surface area contributed by atoms with Gasteiger partial charge in [0.2, 0.25) is 5.91 Å². The Morgan fingerprint density at radius 1 is 0.923 bits per heavy atom. The molecule has 0 bridgehead atoms. The van der Waals surface area contributed by atoms with Crippen LogP contribution in [0.15, 0.2) is 48.5 Å². The van der Waals surface area contributed by atoms with Gasteiger partial charge in [-0.05, 0) is 55.3 Å². The molecule has 5 nitrogen and oxygen atoms in total. The van der Waals surface area contributed by atoms with Crippen LogP contribution in [0.3, 0.4) is 0 Å². The quantitative estimate of drug-likeness (QED) is 0.632. The minimum Gasteiger partial charge on any atom is -0.494 e. The Hall–Kier alpha value is -2.82. The van der Waals surface area contributed by atoms with Gasteiger partial charge < -0.3 is 15.4 Å². The second-order valence-electron chi connectivity index (χ2n) is 6.06. The Labute approximate surface area is 154 Å². The Morgan fingerprint density at radius 2 is 1.62 bits per heavy atom. The van der Waals surface area contributed by atoms with Crippen LogP contribution < -0.4 is 15.4 Å². The number of amides is 2. The predicted molar refractivity (Wildman–Crippen MR) is 105 cm³/mol. The van der Waals surface area contributed by atoms with Gasteiger partial charge in [0.1, 0.15) is 5.75 Å². The van der Waals surface area contributed by atoms with Crippen LogP contribution >= 0.6 is 0 Å². The van der Waals surface area contributed by atoms with Crippen LogP contribution in [0.5, 0.6) is 5.75 Å². The summed E-state index contributed by atoms with van der Waals surface area (Å²) in [6.07, 6.45) is 3.36. The third kappa shape index (κ3) is 6.24. The molecule has 2 amide bonds. The molecule has 0 heterocycles. The number of anilines is 2. The summed E-state index contributed by atoms with van der Waals surface area (Å²) in [7, 11) is 0. The fraction of sp³-hybridized carbons (Fsp3) is 0.333. The number of carbonyl (C=O) groups is 2. The van der Waals surface area contributed by atoms with Crippen molar-refractivity contribution < 1.29 is 14.3 Å². The van der Waals surface area contributed by atoms with Crippen molar-refractivity contribution in [3.63, 3.8) is 0 Å². The zero-order valence-electron chi connectivity index (χ0n) is 15.4. The molecule has 0 radical (unpaired) electrons. The van der Waals surface area contributed by atoms with Crippen molar-refractivity contribution in [1.29, 1.82) is 0 Å².